The highest BCUT2D eigenvalue weighted by atomic mass is 32.2. The summed E-state index contributed by atoms with van der Waals surface area (Å²) in [6.45, 7) is 2.41. The van der Waals surface area contributed by atoms with E-state index < -0.39 is 5.79 Å². The summed E-state index contributed by atoms with van der Waals surface area (Å²) in [7, 11) is 3.26. The molecule has 0 spiro atoms. The highest BCUT2D eigenvalue weighted by Gasteiger charge is 2.54. The van der Waals surface area contributed by atoms with E-state index in [-0.39, 0.29) is 29.5 Å². The van der Waals surface area contributed by atoms with Gasteiger partial charge in [-0.2, -0.15) is 0 Å². The minimum atomic E-state index is -1.05. The Morgan fingerprint density at radius 3 is 2.64 bits per heavy atom. The molecular weight excluding hydrogens is 478 g/mol. The molecule has 2 bridgehead atoms. The Morgan fingerprint density at radius 2 is 1.89 bits per heavy atom. The fraction of sp³-hybridized carbons (Fsp3) is 0.571. The number of nitrogens with zero attached hydrogens (tertiary/aromatic N) is 1. The lowest BCUT2D eigenvalue weighted by atomic mass is 9.90. The average molecular weight is 516 g/mol. The van der Waals surface area contributed by atoms with Crippen LogP contribution in [0.15, 0.2) is 48.1 Å². The molecule has 3 aliphatic heterocycles. The maximum absolute atomic E-state index is 13.0. The molecule has 7 nitrogen and oxygen atoms in total. The second-order valence-corrected chi connectivity index (χ2v) is 10.7. The molecule has 1 aromatic carbocycles. The second-order valence-electron chi connectivity index (χ2n) is 9.75. The Morgan fingerprint density at radius 1 is 1.11 bits per heavy atom. The van der Waals surface area contributed by atoms with Gasteiger partial charge in [-0.05, 0) is 56.7 Å². The highest BCUT2D eigenvalue weighted by Crippen LogP contribution is 2.43. The Bertz CT molecular complexity index is 977. The number of thioether (sulfide) groups is 1. The zero-order valence-corrected chi connectivity index (χ0v) is 22.3. The molecule has 4 atom stereocenters. The number of methoxy groups -OCH3 is 2. The first kappa shape index (κ1) is 26.8. The molecule has 36 heavy (non-hydrogen) atoms. The van der Waals surface area contributed by atoms with Gasteiger partial charge >= 0.3 is 5.97 Å². The molecule has 0 unspecified atom stereocenters. The maximum atomic E-state index is 13.0. The monoisotopic (exact) mass is 515 g/mol. The quantitative estimate of drug-likeness (QED) is 0.371. The number of hydrogen-bond donors (Lipinski definition) is 0. The highest BCUT2D eigenvalue weighted by molar-refractivity contribution is 8.13. The Kier molecular flexibility index (Phi) is 9.14. The van der Waals surface area contributed by atoms with Crippen LogP contribution < -0.4 is 4.74 Å². The van der Waals surface area contributed by atoms with Gasteiger partial charge in [0.2, 0.25) is 0 Å². The van der Waals surface area contributed by atoms with Crippen LogP contribution in [0, 0.1) is 0 Å². The Labute approximate surface area is 218 Å². The van der Waals surface area contributed by atoms with E-state index in [1.807, 2.05) is 36.1 Å². The fourth-order valence-corrected chi connectivity index (χ4v) is 6.31. The van der Waals surface area contributed by atoms with Crippen molar-refractivity contribution in [3.63, 3.8) is 0 Å². The molecule has 0 saturated carbocycles. The van der Waals surface area contributed by atoms with Crippen molar-refractivity contribution in [2.24, 2.45) is 0 Å². The summed E-state index contributed by atoms with van der Waals surface area (Å²) < 4.78 is 24.0. The van der Waals surface area contributed by atoms with Crippen LogP contribution in [0.25, 0.3) is 0 Å². The molecule has 1 amide bonds. The van der Waals surface area contributed by atoms with E-state index in [0.717, 1.165) is 49.0 Å². The van der Waals surface area contributed by atoms with Crippen LogP contribution in [-0.4, -0.2) is 60.1 Å². The van der Waals surface area contributed by atoms with Gasteiger partial charge in [-0.1, -0.05) is 41.6 Å². The van der Waals surface area contributed by atoms with E-state index in [0.29, 0.717) is 25.1 Å². The van der Waals surface area contributed by atoms with Crippen LogP contribution in [0.4, 0.5) is 4.79 Å². The molecule has 0 N–H and O–H groups in total. The molecule has 0 aliphatic carbocycles. The van der Waals surface area contributed by atoms with Crippen LogP contribution >= 0.6 is 11.8 Å². The van der Waals surface area contributed by atoms with Crippen LogP contribution in [0.5, 0.6) is 5.75 Å². The number of benzene rings is 1. The number of esters is 1. The second kappa shape index (κ2) is 12.3. The van der Waals surface area contributed by atoms with Crippen molar-refractivity contribution in [3.05, 3.63) is 53.6 Å². The van der Waals surface area contributed by atoms with Gasteiger partial charge < -0.3 is 23.8 Å². The van der Waals surface area contributed by atoms with Gasteiger partial charge in [0.1, 0.15) is 11.9 Å². The number of hydrogen-bond acceptors (Lipinski definition) is 7. The number of ether oxygens (including phenoxy) is 4. The first-order valence-corrected chi connectivity index (χ1v) is 13.7. The molecule has 8 heteroatoms. The average Bonchev–Trinajstić information content (AvgIpc) is 3.23. The lowest BCUT2D eigenvalue weighted by Gasteiger charge is -2.48. The standard InChI is InChI=1S/C28H37NO6S/c1-20-9-7-5-4-6-8-10-23-16-24(34-26(30)15-20)17-28(33-3,35-23)25-19-36-27(31)29(25)18-21-11-13-22(32-2)14-12-21/h4-5,11-15,23-25H,6-10,16-19H2,1-3H3/t23-,24-,25+,28-/m1/s1. The summed E-state index contributed by atoms with van der Waals surface area (Å²) in [6, 6.07) is 7.42. The number of rotatable bonds is 5. The zero-order valence-electron chi connectivity index (χ0n) is 21.4. The summed E-state index contributed by atoms with van der Waals surface area (Å²) in [5, 5.41) is -0.00246. The van der Waals surface area contributed by atoms with Crippen molar-refractivity contribution < 1.29 is 28.5 Å². The molecule has 3 heterocycles. The Hall–Kier alpha value is -2.29. The van der Waals surface area contributed by atoms with Crippen molar-refractivity contribution in [1.29, 1.82) is 0 Å². The number of allylic oxidation sites excluding steroid dienone is 3. The van der Waals surface area contributed by atoms with Gasteiger partial charge in [0.25, 0.3) is 5.24 Å². The maximum Gasteiger partial charge on any atom is 0.330 e. The van der Waals surface area contributed by atoms with E-state index in [4.69, 9.17) is 18.9 Å². The van der Waals surface area contributed by atoms with Gasteiger partial charge in [0.05, 0.1) is 19.3 Å². The van der Waals surface area contributed by atoms with Crippen LogP contribution in [0.2, 0.25) is 0 Å². The van der Waals surface area contributed by atoms with Crippen molar-refractivity contribution in [2.45, 2.75) is 82.5 Å². The van der Waals surface area contributed by atoms with E-state index in [1.165, 1.54) is 11.8 Å². The van der Waals surface area contributed by atoms with Crippen molar-refractivity contribution in [2.75, 3.05) is 20.0 Å². The summed E-state index contributed by atoms with van der Waals surface area (Å²) in [6.07, 6.45) is 11.1. The number of carbonyl (C=O) groups is 2. The molecular formula is C28H37NO6S. The van der Waals surface area contributed by atoms with Gasteiger partial charge in [-0.25, -0.2) is 4.79 Å². The number of carbonyl (C=O) groups excluding carboxylic acids is 2. The summed E-state index contributed by atoms with van der Waals surface area (Å²) in [4.78, 5) is 27.5. The topological polar surface area (TPSA) is 74.3 Å². The molecule has 2 saturated heterocycles. The molecule has 0 aromatic heterocycles. The van der Waals surface area contributed by atoms with Crippen molar-refractivity contribution in [3.8, 4) is 5.75 Å². The third-order valence-corrected chi connectivity index (χ3v) is 8.12. The van der Waals surface area contributed by atoms with Crippen LogP contribution in [0.1, 0.15) is 57.4 Å². The number of fused-ring (bicyclic) bond motifs is 2. The predicted molar refractivity (Wildman–Crippen MR) is 140 cm³/mol. The van der Waals surface area contributed by atoms with Gasteiger partial charge in [0, 0.05) is 38.3 Å². The van der Waals surface area contributed by atoms with Crippen LogP contribution in [-0.2, 0) is 25.5 Å². The molecule has 4 rings (SSSR count). The third kappa shape index (κ3) is 6.52. The molecule has 1 aromatic rings. The minimum absolute atomic E-state index is 0.00246. The van der Waals surface area contributed by atoms with Crippen molar-refractivity contribution >= 4 is 23.0 Å². The fourth-order valence-electron chi connectivity index (χ4n) is 5.22. The zero-order chi connectivity index (χ0) is 25.5. The summed E-state index contributed by atoms with van der Waals surface area (Å²) in [5.41, 5.74) is 2.01. The predicted octanol–water partition coefficient (Wildman–Crippen LogP) is 5.63. The van der Waals surface area contributed by atoms with E-state index in [9.17, 15) is 9.59 Å². The number of amides is 1. The first-order chi connectivity index (χ1) is 17.4. The molecule has 2 fully saturated rings. The summed E-state index contributed by atoms with van der Waals surface area (Å²) >= 11 is 1.28. The normalized spacial score (nSPS) is 29.9. The molecule has 0 radical (unpaired) electrons. The lowest BCUT2D eigenvalue weighted by Crippen LogP contribution is -2.60. The van der Waals surface area contributed by atoms with E-state index >= 15 is 0 Å². The molecule has 196 valence electrons. The Balaban J connectivity index is 1.58. The third-order valence-electron chi connectivity index (χ3n) is 7.16. The SMILES string of the molecule is COc1ccc(CN2C(=O)SC[C@H]2[C@@]2(OC)C[C@H]3C[C@@H](CCCC=CCCC(C)=CC(=O)O3)O2)cc1. The van der Waals surface area contributed by atoms with E-state index in [2.05, 4.69) is 12.2 Å². The van der Waals surface area contributed by atoms with Gasteiger partial charge in [0.15, 0.2) is 5.79 Å². The van der Waals surface area contributed by atoms with Crippen LogP contribution in [0.3, 0.4) is 0 Å². The minimum Gasteiger partial charge on any atom is -0.497 e. The van der Waals surface area contributed by atoms with Crippen molar-refractivity contribution in [1.82, 2.24) is 4.90 Å². The smallest absolute Gasteiger partial charge is 0.330 e. The molecule has 3 aliphatic rings. The lowest BCUT2D eigenvalue weighted by molar-refractivity contribution is -0.305. The van der Waals surface area contributed by atoms with Gasteiger partial charge in [-0.3, -0.25) is 4.79 Å². The van der Waals surface area contributed by atoms with E-state index in [1.54, 1.807) is 20.3 Å². The largest absolute Gasteiger partial charge is 0.497 e. The van der Waals surface area contributed by atoms with Gasteiger partial charge in [-0.15, -0.1) is 0 Å². The summed E-state index contributed by atoms with van der Waals surface area (Å²) in [5.74, 6) is -0.0489. The first-order valence-electron chi connectivity index (χ1n) is 12.7.